The second-order valence-electron chi connectivity index (χ2n) is 5.01. The topological polar surface area (TPSA) is 74.8 Å². The van der Waals surface area contributed by atoms with Crippen LogP contribution in [0.3, 0.4) is 0 Å². The standard InChI is InChI=1S/C15H18N2O4/c18-15(19)13-10-11-12(16-13)2-1-3-14(11)21-9-6-17-4-7-20-8-5-17/h1-3,10,16H,4-9H2,(H,18,19). The molecule has 1 fully saturated rings. The van der Waals surface area contributed by atoms with Gasteiger partial charge in [0.1, 0.15) is 18.1 Å². The van der Waals surface area contributed by atoms with E-state index in [-0.39, 0.29) is 5.69 Å². The summed E-state index contributed by atoms with van der Waals surface area (Å²) in [6, 6.07) is 7.17. The van der Waals surface area contributed by atoms with Crippen LogP contribution >= 0.6 is 0 Å². The summed E-state index contributed by atoms with van der Waals surface area (Å²) in [7, 11) is 0. The quantitative estimate of drug-likeness (QED) is 0.874. The normalized spacial score (nSPS) is 16.2. The first-order chi connectivity index (χ1) is 10.2. The summed E-state index contributed by atoms with van der Waals surface area (Å²) in [5, 5.41) is 9.84. The van der Waals surface area contributed by atoms with Crippen molar-refractivity contribution in [1.29, 1.82) is 0 Å². The molecule has 21 heavy (non-hydrogen) atoms. The van der Waals surface area contributed by atoms with E-state index in [9.17, 15) is 4.79 Å². The Hall–Kier alpha value is -2.05. The summed E-state index contributed by atoms with van der Waals surface area (Å²) in [5.74, 6) is -0.255. The Bertz CT molecular complexity index is 632. The Labute approximate surface area is 122 Å². The van der Waals surface area contributed by atoms with Gasteiger partial charge in [0, 0.05) is 30.5 Å². The van der Waals surface area contributed by atoms with Gasteiger partial charge in [0.15, 0.2) is 0 Å². The molecular formula is C15H18N2O4. The third kappa shape index (κ3) is 3.17. The molecule has 2 heterocycles. The van der Waals surface area contributed by atoms with Crippen LogP contribution in [-0.4, -0.2) is 60.4 Å². The van der Waals surface area contributed by atoms with E-state index in [1.54, 1.807) is 6.07 Å². The number of benzene rings is 1. The lowest BCUT2D eigenvalue weighted by molar-refractivity contribution is 0.0323. The highest BCUT2D eigenvalue weighted by atomic mass is 16.5. The predicted octanol–water partition coefficient (Wildman–Crippen LogP) is 1.58. The number of H-pyrrole nitrogens is 1. The highest BCUT2D eigenvalue weighted by Crippen LogP contribution is 2.26. The van der Waals surface area contributed by atoms with Crippen LogP contribution in [0.1, 0.15) is 10.5 Å². The van der Waals surface area contributed by atoms with Crippen LogP contribution in [0.2, 0.25) is 0 Å². The van der Waals surface area contributed by atoms with Crippen molar-refractivity contribution < 1.29 is 19.4 Å². The Morgan fingerprint density at radius 2 is 2.19 bits per heavy atom. The number of carbonyl (C=O) groups is 1. The second-order valence-corrected chi connectivity index (χ2v) is 5.01. The lowest BCUT2D eigenvalue weighted by Gasteiger charge is -2.26. The van der Waals surface area contributed by atoms with Crippen LogP contribution < -0.4 is 4.74 Å². The lowest BCUT2D eigenvalue weighted by atomic mass is 10.2. The Morgan fingerprint density at radius 3 is 2.95 bits per heavy atom. The fraction of sp³-hybridized carbons (Fsp3) is 0.400. The molecule has 0 atom stereocenters. The van der Waals surface area contributed by atoms with Gasteiger partial charge in [-0.15, -0.1) is 0 Å². The number of rotatable bonds is 5. The van der Waals surface area contributed by atoms with Gasteiger partial charge in [-0.05, 0) is 18.2 Å². The Balaban J connectivity index is 1.67. The van der Waals surface area contributed by atoms with E-state index in [2.05, 4.69) is 9.88 Å². The summed E-state index contributed by atoms with van der Waals surface area (Å²) < 4.78 is 11.1. The molecule has 1 aromatic carbocycles. The molecule has 1 aromatic heterocycles. The molecule has 0 radical (unpaired) electrons. The van der Waals surface area contributed by atoms with Gasteiger partial charge in [-0.1, -0.05) is 6.07 Å². The largest absolute Gasteiger partial charge is 0.492 e. The Kier molecular flexibility index (Phi) is 4.08. The third-order valence-electron chi connectivity index (χ3n) is 3.62. The number of carboxylic acids is 1. The summed E-state index contributed by atoms with van der Waals surface area (Å²) in [6.45, 7) is 4.83. The number of aromatic amines is 1. The van der Waals surface area contributed by atoms with Crippen LogP contribution in [0.4, 0.5) is 0 Å². The zero-order chi connectivity index (χ0) is 14.7. The fourth-order valence-corrected chi connectivity index (χ4v) is 2.48. The molecule has 2 aromatic rings. The van der Waals surface area contributed by atoms with Crippen LogP contribution in [0.15, 0.2) is 24.3 Å². The number of ether oxygens (including phenoxy) is 2. The second kappa shape index (κ2) is 6.15. The van der Waals surface area contributed by atoms with Crippen molar-refractivity contribution in [2.24, 2.45) is 0 Å². The van der Waals surface area contributed by atoms with Gasteiger partial charge in [-0.3, -0.25) is 4.90 Å². The fourth-order valence-electron chi connectivity index (χ4n) is 2.48. The van der Waals surface area contributed by atoms with E-state index in [0.29, 0.717) is 12.4 Å². The van der Waals surface area contributed by atoms with Gasteiger partial charge >= 0.3 is 5.97 Å². The number of nitrogens with zero attached hydrogens (tertiary/aromatic N) is 1. The van der Waals surface area contributed by atoms with Gasteiger partial charge in [-0.25, -0.2) is 4.79 Å². The number of morpholine rings is 1. The SMILES string of the molecule is O=C(O)c1cc2c(OCCN3CCOCC3)cccc2[nH]1. The molecule has 0 saturated carbocycles. The molecule has 2 N–H and O–H groups in total. The summed E-state index contributed by atoms with van der Waals surface area (Å²) in [5.41, 5.74) is 0.950. The molecular weight excluding hydrogens is 272 g/mol. The molecule has 6 heteroatoms. The first kappa shape index (κ1) is 13.9. The molecule has 1 saturated heterocycles. The summed E-state index contributed by atoms with van der Waals surface area (Å²) in [4.78, 5) is 16.2. The molecule has 6 nitrogen and oxygen atoms in total. The first-order valence-electron chi connectivity index (χ1n) is 7.02. The molecule has 0 aliphatic carbocycles. The molecule has 0 unspecified atom stereocenters. The summed E-state index contributed by atoms with van der Waals surface area (Å²) >= 11 is 0. The minimum atomic E-state index is -0.967. The molecule has 1 aliphatic rings. The lowest BCUT2D eigenvalue weighted by Crippen LogP contribution is -2.38. The zero-order valence-electron chi connectivity index (χ0n) is 11.7. The average Bonchev–Trinajstić information content (AvgIpc) is 2.94. The molecule has 0 spiro atoms. The van der Waals surface area contributed by atoms with Gasteiger partial charge in [0.25, 0.3) is 0 Å². The Morgan fingerprint density at radius 1 is 1.38 bits per heavy atom. The smallest absolute Gasteiger partial charge is 0.352 e. The van der Waals surface area contributed by atoms with Crippen LogP contribution in [0.25, 0.3) is 10.9 Å². The van der Waals surface area contributed by atoms with Gasteiger partial charge in [0.05, 0.1) is 13.2 Å². The van der Waals surface area contributed by atoms with Crippen molar-refractivity contribution in [3.8, 4) is 5.75 Å². The van der Waals surface area contributed by atoms with E-state index in [4.69, 9.17) is 14.6 Å². The van der Waals surface area contributed by atoms with Gasteiger partial charge in [0.2, 0.25) is 0 Å². The van der Waals surface area contributed by atoms with E-state index >= 15 is 0 Å². The monoisotopic (exact) mass is 290 g/mol. The van der Waals surface area contributed by atoms with Crippen LogP contribution in [0, 0.1) is 0 Å². The summed E-state index contributed by atoms with van der Waals surface area (Å²) in [6.07, 6.45) is 0. The average molecular weight is 290 g/mol. The molecule has 1 aliphatic heterocycles. The van der Waals surface area contributed by atoms with E-state index < -0.39 is 5.97 Å². The van der Waals surface area contributed by atoms with E-state index in [1.807, 2.05) is 18.2 Å². The molecule has 0 amide bonds. The number of aromatic carboxylic acids is 1. The number of nitrogens with one attached hydrogen (secondary N) is 1. The first-order valence-corrected chi connectivity index (χ1v) is 7.02. The van der Waals surface area contributed by atoms with Gasteiger partial charge < -0.3 is 19.6 Å². The maximum atomic E-state index is 11.0. The third-order valence-corrected chi connectivity index (χ3v) is 3.62. The number of hydrogen-bond donors (Lipinski definition) is 2. The molecule has 0 bridgehead atoms. The van der Waals surface area contributed by atoms with Crippen molar-refractivity contribution in [1.82, 2.24) is 9.88 Å². The number of fused-ring (bicyclic) bond motifs is 1. The van der Waals surface area contributed by atoms with Crippen molar-refractivity contribution >= 4 is 16.9 Å². The van der Waals surface area contributed by atoms with Gasteiger partial charge in [-0.2, -0.15) is 0 Å². The van der Waals surface area contributed by atoms with Crippen molar-refractivity contribution in [3.05, 3.63) is 30.0 Å². The zero-order valence-corrected chi connectivity index (χ0v) is 11.7. The number of hydrogen-bond acceptors (Lipinski definition) is 4. The van der Waals surface area contributed by atoms with Crippen molar-refractivity contribution in [3.63, 3.8) is 0 Å². The predicted molar refractivity (Wildman–Crippen MR) is 78.0 cm³/mol. The van der Waals surface area contributed by atoms with E-state index in [1.165, 1.54) is 0 Å². The molecule has 3 rings (SSSR count). The maximum absolute atomic E-state index is 11.0. The van der Waals surface area contributed by atoms with Crippen molar-refractivity contribution in [2.45, 2.75) is 0 Å². The minimum absolute atomic E-state index is 0.175. The van der Waals surface area contributed by atoms with Crippen molar-refractivity contribution in [2.75, 3.05) is 39.5 Å². The highest BCUT2D eigenvalue weighted by Gasteiger charge is 2.12. The minimum Gasteiger partial charge on any atom is -0.492 e. The number of aromatic nitrogens is 1. The highest BCUT2D eigenvalue weighted by molar-refractivity contribution is 5.96. The van der Waals surface area contributed by atoms with Crippen LogP contribution in [-0.2, 0) is 4.74 Å². The van der Waals surface area contributed by atoms with E-state index in [0.717, 1.165) is 43.8 Å². The maximum Gasteiger partial charge on any atom is 0.352 e. The molecule has 112 valence electrons. The van der Waals surface area contributed by atoms with Crippen LogP contribution in [0.5, 0.6) is 5.75 Å². The number of carboxylic acid groups (broad SMARTS) is 1.